The summed E-state index contributed by atoms with van der Waals surface area (Å²) in [6, 6.07) is 0. The number of hydrogen-bond acceptors (Lipinski definition) is 2. The van der Waals surface area contributed by atoms with Gasteiger partial charge in [-0.15, -0.1) is 0 Å². The first kappa shape index (κ1) is 53.5. The Hall–Kier alpha value is 1.70. The fraction of sp³-hybridized carbons (Fsp3) is 0. The molecule has 8 nitrogen and oxygen atoms in total. The molecule has 0 unspecified atom stereocenters. The van der Waals surface area contributed by atoms with E-state index in [2.05, 4.69) is 11.7 Å². The van der Waals surface area contributed by atoms with E-state index in [0.717, 1.165) is 0 Å². The minimum atomic E-state index is -3.97. The second-order valence-electron chi connectivity index (χ2n) is 0.448. The Bertz CT molecular complexity index is 95.3. The molecular weight excluding hydrogens is 231 g/mol. The van der Waals surface area contributed by atoms with Crippen LogP contribution in [0.2, 0.25) is 0 Å². The van der Waals surface area contributed by atoms with Crippen molar-refractivity contribution in [3.05, 3.63) is 0 Å². The van der Waals surface area contributed by atoms with Gasteiger partial charge >= 0.3 is 60.5 Å². The Balaban J connectivity index is -0.00000000533. The van der Waals surface area contributed by atoms with Gasteiger partial charge < -0.3 is 27.4 Å². The van der Waals surface area contributed by atoms with E-state index in [4.69, 9.17) is 13.0 Å². The molecule has 11 heteroatoms. The summed E-state index contributed by atoms with van der Waals surface area (Å²) in [5.41, 5.74) is 0. The first-order chi connectivity index (χ1) is 2.00. The van der Waals surface area contributed by atoms with Crippen LogP contribution in [0.25, 0.3) is 0 Å². The Labute approximate surface area is 111 Å². The van der Waals surface area contributed by atoms with Crippen LogP contribution in [0.4, 0.5) is 0 Å². The van der Waals surface area contributed by atoms with Crippen molar-refractivity contribution < 1.29 is 40.4 Å². The summed E-state index contributed by atoms with van der Waals surface area (Å²) >= 11 is 2.65. The average molecular weight is 244 g/mol. The van der Waals surface area contributed by atoms with Crippen LogP contribution in [0.5, 0.6) is 0 Å². The van der Waals surface area contributed by atoms with Crippen molar-refractivity contribution in [2.24, 2.45) is 0 Å². The fourth-order valence-electron chi connectivity index (χ4n) is 0. The molecule has 0 aromatic carbocycles. The van der Waals surface area contributed by atoms with Crippen molar-refractivity contribution >= 4 is 72.2 Å². The van der Waals surface area contributed by atoms with Crippen LogP contribution < -0.4 is 0 Å². The molecule has 0 aliphatic heterocycles. The topological polar surface area (TPSA) is 212 Å². The predicted molar refractivity (Wildman–Crippen MR) is 45.8 cm³/mol. The van der Waals surface area contributed by atoms with Gasteiger partial charge in [0.1, 0.15) is 0 Å². The van der Waals surface area contributed by atoms with Crippen molar-refractivity contribution in [1.82, 2.24) is 0 Å². The maximum absolute atomic E-state index is 9.05. The molecular formula is H13KO8S2. The molecule has 0 atom stereocenters. The van der Waals surface area contributed by atoms with Crippen LogP contribution in [0.1, 0.15) is 0 Å². The van der Waals surface area contributed by atoms with E-state index in [1.807, 2.05) is 0 Å². The molecule has 0 aliphatic rings. The van der Waals surface area contributed by atoms with Crippen molar-refractivity contribution in [1.29, 1.82) is 0 Å². The summed E-state index contributed by atoms with van der Waals surface area (Å²) in [4.78, 5) is 0. The van der Waals surface area contributed by atoms with E-state index in [9.17, 15) is 0 Å². The Morgan fingerprint density at radius 2 is 0.909 bits per heavy atom. The van der Waals surface area contributed by atoms with E-state index in [-0.39, 0.29) is 78.8 Å². The first-order valence-electron chi connectivity index (χ1n) is 0.698. The maximum atomic E-state index is 9.05. The zero-order valence-electron chi connectivity index (χ0n) is 4.62. The second-order valence-corrected chi connectivity index (χ2v) is 2.73. The molecule has 0 aromatic heterocycles. The van der Waals surface area contributed by atoms with Gasteiger partial charge in [0.15, 0.2) is 0 Å². The molecule has 0 heterocycles. The first-order valence-corrected chi connectivity index (χ1v) is 3.19. The molecule has 0 rings (SSSR count). The van der Waals surface area contributed by atoms with Gasteiger partial charge in [-0.1, -0.05) is 0 Å². The Kier molecular flexibility index (Phi) is 110. The SMILES string of the molecule is O.O.O.O.O.O=S(=O)(O)S.[KH]. The number of rotatable bonds is 0. The van der Waals surface area contributed by atoms with Gasteiger partial charge in [0.05, 0.1) is 0 Å². The summed E-state index contributed by atoms with van der Waals surface area (Å²) in [6.45, 7) is 0. The van der Waals surface area contributed by atoms with Gasteiger partial charge in [-0.2, -0.15) is 8.42 Å². The van der Waals surface area contributed by atoms with Gasteiger partial charge in [0.25, 0.3) is 0 Å². The third kappa shape index (κ3) is 382. The van der Waals surface area contributed by atoms with Crippen LogP contribution in [-0.2, 0) is 9.15 Å². The monoisotopic (exact) mass is 244 g/mol. The van der Waals surface area contributed by atoms with Crippen LogP contribution >= 0.6 is 11.7 Å². The van der Waals surface area contributed by atoms with Gasteiger partial charge in [-0.05, 0) is 11.7 Å². The molecule has 11 N–H and O–H groups in total. The van der Waals surface area contributed by atoms with Crippen LogP contribution in [0.3, 0.4) is 0 Å². The molecule has 0 spiro atoms. The second kappa shape index (κ2) is 22.6. The van der Waals surface area contributed by atoms with Crippen molar-refractivity contribution in [2.45, 2.75) is 0 Å². The summed E-state index contributed by atoms with van der Waals surface area (Å²) < 4.78 is 25.5. The molecule has 0 aliphatic carbocycles. The van der Waals surface area contributed by atoms with Gasteiger partial charge in [-0.25, -0.2) is 0 Å². The van der Waals surface area contributed by atoms with E-state index in [0.29, 0.717) is 0 Å². The quantitative estimate of drug-likeness (QED) is 0.185. The molecule has 11 heavy (non-hydrogen) atoms. The van der Waals surface area contributed by atoms with Gasteiger partial charge in [0.2, 0.25) is 0 Å². The summed E-state index contributed by atoms with van der Waals surface area (Å²) in [5, 5.41) is 0. The van der Waals surface area contributed by atoms with Crippen molar-refractivity contribution in [2.75, 3.05) is 0 Å². The standard InChI is InChI=1S/K.H2O3S2.5H2O.H/c;1-5(2,3)4;;;;;;/h;(H2,1,2,3,4);5*1H2;. The summed E-state index contributed by atoms with van der Waals surface area (Å²) in [6.07, 6.45) is 0. The molecule has 0 fully saturated rings. The Morgan fingerprint density at radius 3 is 0.909 bits per heavy atom. The minimum absolute atomic E-state index is 0. The molecule has 0 saturated heterocycles. The number of hydrogen-bond donors (Lipinski definition) is 2. The molecule has 0 aromatic rings. The van der Waals surface area contributed by atoms with Crippen LogP contribution in [0.15, 0.2) is 0 Å². The number of thiol groups is 1. The summed E-state index contributed by atoms with van der Waals surface area (Å²) in [5.74, 6) is 0. The van der Waals surface area contributed by atoms with Gasteiger partial charge in [-0.3, -0.25) is 4.55 Å². The predicted octanol–water partition coefficient (Wildman–Crippen LogP) is -5.05. The molecule has 0 amide bonds. The van der Waals surface area contributed by atoms with Crippen molar-refractivity contribution in [3.63, 3.8) is 0 Å². The summed E-state index contributed by atoms with van der Waals surface area (Å²) in [7, 11) is -3.97. The molecule has 0 saturated carbocycles. The molecule has 0 bridgehead atoms. The van der Waals surface area contributed by atoms with E-state index < -0.39 is 9.15 Å². The van der Waals surface area contributed by atoms with E-state index >= 15 is 0 Å². The van der Waals surface area contributed by atoms with Crippen molar-refractivity contribution in [3.8, 4) is 0 Å². The van der Waals surface area contributed by atoms with E-state index in [1.165, 1.54) is 0 Å². The van der Waals surface area contributed by atoms with Gasteiger partial charge in [0, 0.05) is 0 Å². The third-order valence-corrected chi connectivity index (χ3v) is 0. The third-order valence-electron chi connectivity index (χ3n) is 0. The van der Waals surface area contributed by atoms with Crippen LogP contribution in [-0.4, -0.2) is 91.7 Å². The molecule has 74 valence electrons. The zero-order valence-corrected chi connectivity index (χ0v) is 6.33. The average Bonchev–Trinajstić information content (AvgIpc) is 0.722. The fourth-order valence-corrected chi connectivity index (χ4v) is 0. The zero-order chi connectivity index (χ0) is 4.50. The van der Waals surface area contributed by atoms with E-state index in [1.54, 1.807) is 0 Å². The van der Waals surface area contributed by atoms with Crippen LogP contribution in [0, 0.1) is 0 Å². The Morgan fingerprint density at radius 1 is 0.909 bits per heavy atom. The normalized spacial score (nSPS) is 5.27. The molecule has 0 radical (unpaired) electrons.